The topological polar surface area (TPSA) is 35.6 Å². The third kappa shape index (κ3) is 4.40. The predicted molar refractivity (Wildman–Crippen MR) is 237 cm³/mol. The number of fused-ring (bicyclic) bond motifs is 13. The summed E-state index contributed by atoms with van der Waals surface area (Å²) in [5.74, 6) is 0. The van der Waals surface area contributed by atoms with Crippen molar-refractivity contribution in [2.75, 3.05) is 0 Å². The maximum atomic E-state index is 5.25. The van der Waals surface area contributed by atoms with E-state index in [1.165, 1.54) is 63.8 Å². The molecule has 56 heavy (non-hydrogen) atoms. The van der Waals surface area contributed by atoms with Gasteiger partial charge in [-0.05, 0) is 67.1 Å². The molecular formula is C51H32N4S. The van der Waals surface area contributed by atoms with Gasteiger partial charge in [0.1, 0.15) is 0 Å². The van der Waals surface area contributed by atoms with Crippen LogP contribution in [0.4, 0.5) is 0 Å². The van der Waals surface area contributed by atoms with Gasteiger partial charge in [-0.25, -0.2) is 9.97 Å². The predicted octanol–water partition coefficient (Wildman–Crippen LogP) is 13.8. The second-order valence-corrected chi connectivity index (χ2v) is 15.6. The number of aryl methyl sites for hydroxylation is 1. The lowest BCUT2D eigenvalue weighted by molar-refractivity contribution is 1.13. The molecule has 0 atom stereocenters. The zero-order valence-electron chi connectivity index (χ0n) is 30.4. The summed E-state index contributed by atoms with van der Waals surface area (Å²) in [7, 11) is 0. The fourth-order valence-corrected chi connectivity index (χ4v) is 10.3. The highest BCUT2D eigenvalue weighted by Crippen LogP contribution is 2.51. The number of hydrogen-bond acceptors (Lipinski definition) is 3. The molecule has 4 aromatic heterocycles. The molecule has 262 valence electrons. The third-order valence-corrected chi connectivity index (χ3v) is 12.6. The summed E-state index contributed by atoms with van der Waals surface area (Å²) in [6.45, 7) is 2.23. The second-order valence-electron chi connectivity index (χ2n) is 14.6. The molecule has 4 heterocycles. The summed E-state index contributed by atoms with van der Waals surface area (Å²) in [5.41, 5.74) is 13.9. The van der Waals surface area contributed by atoms with E-state index in [1.54, 1.807) is 0 Å². The highest BCUT2D eigenvalue weighted by molar-refractivity contribution is 7.27. The first-order valence-corrected chi connectivity index (χ1v) is 19.8. The van der Waals surface area contributed by atoms with E-state index in [1.807, 2.05) is 41.7 Å². The Balaban J connectivity index is 1.23. The quantitative estimate of drug-likeness (QED) is 0.181. The van der Waals surface area contributed by atoms with E-state index in [2.05, 4.69) is 162 Å². The molecule has 0 spiro atoms. The van der Waals surface area contributed by atoms with Crippen LogP contribution >= 0.6 is 11.3 Å². The van der Waals surface area contributed by atoms with Crippen LogP contribution in [0.2, 0.25) is 0 Å². The Labute approximate surface area is 326 Å². The van der Waals surface area contributed by atoms with E-state index in [9.17, 15) is 0 Å². The Bertz CT molecular complexity index is 3540. The Morgan fingerprint density at radius 2 is 1.00 bits per heavy atom. The fraction of sp³-hybridized carbons (Fsp3) is 0.0196. The van der Waals surface area contributed by atoms with Crippen molar-refractivity contribution in [3.8, 4) is 33.9 Å². The van der Waals surface area contributed by atoms with Gasteiger partial charge in [0.25, 0.3) is 0 Å². The first-order chi connectivity index (χ1) is 27.7. The van der Waals surface area contributed by atoms with Gasteiger partial charge in [0.05, 0.1) is 44.5 Å². The van der Waals surface area contributed by atoms with E-state index in [4.69, 9.17) is 9.97 Å². The highest BCUT2D eigenvalue weighted by atomic mass is 32.1. The van der Waals surface area contributed by atoms with Crippen LogP contribution in [0.25, 0.3) is 109 Å². The highest BCUT2D eigenvalue weighted by Gasteiger charge is 2.27. The summed E-state index contributed by atoms with van der Waals surface area (Å²) in [5, 5.41) is 7.72. The Kier molecular flexibility index (Phi) is 6.68. The first-order valence-electron chi connectivity index (χ1n) is 19.0. The van der Waals surface area contributed by atoms with Crippen molar-refractivity contribution < 1.29 is 0 Å². The van der Waals surface area contributed by atoms with Gasteiger partial charge < -0.3 is 9.13 Å². The van der Waals surface area contributed by atoms with Crippen LogP contribution < -0.4 is 0 Å². The lowest BCUT2D eigenvalue weighted by Crippen LogP contribution is -2.01. The number of thiophene rings is 1. The van der Waals surface area contributed by atoms with Crippen molar-refractivity contribution >= 4 is 86.2 Å². The smallest absolute Gasteiger partial charge is 0.0973 e. The lowest BCUT2D eigenvalue weighted by atomic mass is 10.0. The molecule has 0 aliphatic heterocycles. The van der Waals surface area contributed by atoms with Crippen LogP contribution in [-0.2, 0) is 0 Å². The van der Waals surface area contributed by atoms with Crippen molar-refractivity contribution in [3.05, 3.63) is 181 Å². The van der Waals surface area contributed by atoms with Gasteiger partial charge in [0.15, 0.2) is 0 Å². The van der Waals surface area contributed by atoms with Crippen LogP contribution in [0.15, 0.2) is 176 Å². The molecule has 0 aliphatic rings. The Hall–Kier alpha value is -7.08. The number of aromatic nitrogens is 4. The molecule has 0 radical (unpaired) electrons. The standard InChI is InChI=1S/C51H32N4S/c1-31-30-33(48-47(32-16-4-2-5-17-32)52-38-23-11-12-24-39(38)53-48)28-29-40(31)55-42-26-14-8-20-35(42)44-45-37-22-10-15-27-43(37)56-51(45)46-36-21-9-13-25-41(36)54(50(46)49(44)55)34-18-6-3-7-19-34/h2-30H,1H3. The molecule has 12 rings (SSSR count). The van der Waals surface area contributed by atoms with Gasteiger partial charge in [0, 0.05) is 64.2 Å². The van der Waals surface area contributed by atoms with Gasteiger partial charge in [-0.2, -0.15) is 0 Å². The minimum absolute atomic E-state index is 0.879. The molecule has 0 fully saturated rings. The number of para-hydroxylation sites is 5. The average molecular weight is 733 g/mol. The molecule has 0 amide bonds. The molecule has 12 aromatic rings. The Morgan fingerprint density at radius 1 is 0.446 bits per heavy atom. The van der Waals surface area contributed by atoms with Gasteiger partial charge in [-0.1, -0.05) is 121 Å². The minimum atomic E-state index is 0.879. The van der Waals surface area contributed by atoms with Crippen LogP contribution in [0.3, 0.4) is 0 Å². The van der Waals surface area contributed by atoms with Crippen molar-refractivity contribution in [1.82, 2.24) is 19.1 Å². The number of nitrogens with zero attached hydrogens (tertiary/aromatic N) is 4. The maximum Gasteiger partial charge on any atom is 0.0973 e. The third-order valence-electron chi connectivity index (χ3n) is 11.4. The molecule has 0 saturated heterocycles. The van der Waals surface area contributed by atoms with Crippen LogP contribution in [0.1, 0.15) is 5.56 Å². The minimum Gasteiger partial charge on any atom is -0.307 e. The molecule has 0 unspecified atom stereocenters. The summed E-state index contributed by atoms with van der Waals surface area (Å²) in [6.07, 6.45) is 0. The van der Waals surface area contributed by atoms with Gasteiger partial charge >= 0.3 is 0 Å². The first kappa shape index (κ1) is 31.3. The van der Waals surface area contributed by atoms with Crippen LogP contribution in [0.5, 0.6) is 0 Å². The zero-order chi connectivity index (χ0) is 36.9. The zero-order valence-corrected chi connectivity index (χ0v) is 31.3. The molecule has 5 heteroatoms. The molecule has 4 nitrogen and oxygen atoms in total. The van der Waals surface area contributed by atoms with Crippen LogP contribution in [-0.4, -0.2) is 19.1 Å². The number of rotatable bonds is 4. The number of benzene rings is 8. The molecular weight excluding hydrogens is 701 g/mol. The Morgan fingerprint density at radius 3 is 1.71 bits per heavy atom. The summed E-state index contributed by atoms with van der Waals surface area (Å²) >= 11 is 1.91. The van der Waals surface area contributed by atoms with Crippen molar-refractivity contribution in [2.45, 2.75) is 6.92 Å². The SMILES string of the molecule is Cc1cc(-c2nc3ccccc3nc2-c2ccccc2)ccc1-n1c2ccccc2c2c3c4ccccc4sc3c3c4ccccc4n(-c4ccccc4)c3c21. The van der Waals surface area contributed by atoms with E-state index >= 15 is 0 Å². The van der Waals surface area contributed by atoms with E-state index in [-0.39, 0.29) is 0 Å². The summed E-state index contributed by atoms with van der Waals surface area (Å²) in [6, 6.07) is 63.0. The molecule has 8 aromatic carbocycles. The summed E-state index contributed by atoms with van der Waals surface area (Å²) < 4.78 is 7.65. The van der Waals surface area contributed by atoms with Crippen molar-refractivity contribution in [1.29, 1.82) is 0 Å². The van der Waals surface area contributed by atoms with Gasteiger partial charge in [0.2, 0.25) is 0 Å². The normalized spacial score (nSPS) is 12.0. The second kappa shape index (κ2) is 12.0. The summed E-state index contributed by atoms with van der Waals surface area (Å²) in [4.78, 5) is 10.4. The lowest BCUT2D eigenvalue weighted by Gasteiger charge is -2.16. The molecule has 0 aliphatic carbocycles. The average Bonchev–Trinajstić information content (AvgIpc) is 3.92. The molecule has 0 N–H and O–H groups in total. The molecule has 0 bridgehead atoms. The van der Waals surface area contributed by atoms with E-state index in [0.29, 0.717) is 0 Å². The van der Waals surface area contributed by atoms with Crippen molar-refractivity contribution in [3.63, 3.8) is 0 Å². The van der Waals surface area contributed by atoms with Crippen molar-refractivity contribution in [2.24, 2.45) is 0 Å². The largest absolute Gasteiger partial charge is 0.307 e. The van der Waals surface area contributed by atoms with Gasteiger partial charge in [-0.15, -0.1) is 11.3 Å². The van der Waals surface area contributed by atoms with Crippen LogP contribution in [0, 0.1) is 6.92 Å². The van der Waals surface area contributed by atoms with Gasteiger partial charge in [-0.3, -0.25) is 0 Å². The molecule has 0 saturated carbocycles. The maximum absolute atomic E-state index is 5.25. The van der Waals surface area contributed by atoms with E-state index < -0.39 is 0 Å². The number of hydrogen-bond donors (Lipinski definition) is 0. The fourth-order valence-electron chi connectivity index (χ4n) is 9.03. The van der Waals surface area contributed by atoms with E-state index in [0.717, 1.165) is 50.5 Å². The monoisotopic (exact) mass is 732 g/mol.